The molecule has 1 N–H and O–H groups in total. The highest BCUT2D eigenvalue weighted by atomic mass is 16.5. The number of fused-ring (bicyclic) bond motifs is 1. The Morgan fingerprint density at radius 1 is 1.27 bits per heavy atom. The Labute approximate surface area is 129 Å². The Morgan fingerprint density at radius 2 is 2.09 bits per heavy atom. The predicted octanol–water partition coefficient (Wildman–Crippen LogP) is 2.88. The number of carbonyl (C=O) groups is 1. The third kappa shape index (κ3) is 2.93. The monoisotopic (exact) mass is 295 g/mol. The van der Waals surface area contributed by atoms with Gasteiger partial charge in [-0.3, -0.25) is 10.2 Å². The molecule has 0 fully saturated rings. The van der Waals surface area contributed by atoms with Crippen LogP contribution < -0.4 is 15.1 Å². The summed E-state index contributed by atoms with van der Waals surface area (Å²) >= 11 is 0. The zero-order valence-corrected chi connectivity index (χ0v) is 12.3. The van der Waals surface area contributed by atoms with Gasteiger partial charge in [-0.1, -0.05) is 18.2 Å². The molecule has 0 unspecified atom stereocenters. The number of nitrogens with zero attached hydrogens (tertiary/aromatic N) is 2. The predicted molar refractivity (Wildman–Crippen MR) is 87.6 cm³/mol. The number of hydrazone groups is 1. The van der Waals surface area contributed by atoms with E-state index < -0.39 is 0 Å². The molecule has 1 aliphatic rings. The van der Waals surface area contributed by atoms with Crippen molar-refractivity contribution >= 4 is 23.5 Å². The highest BCUT2D eigenvalue weighted by Gasteiger charge is 2.23. The van der Waals surface area contributed by atoms with Crippen molar-refractivity contribution in [1.29, 1.82) is 0 Å². The summed E-state index contributed by atoms with van der Waals surface area (Å²) < 4.78 is 5.45. The first-order chi connectivity index (χ1) is 10.8. The van der Waals surface area contributed by atoms with E-state index in [-0.39, 0.29) is 12.5 Å². The summed E-state index contributed by atoms with van der Waals surface area (Å²) in [6, 6.07) is 15.4. The molecule has 3 rings (SSSR count). The maximum absolute atomic E-state index is 11.9. The van der Waals surface area contributed by atoms with E-state index in [0.717, 1.165) is 22.7 Å². The summed E-state index contributed by atoms with van der Waals surface area (Å²) in [5, 5.41) is 4.21. The van der Waals surface area contributed by atoms with E-state index in [1.807, 2.05) is 55.5 Å². The van der Waals surface area contributed by atoms with Gasteiger partial charge in [-0.05, 0) is 42.8 Å². The van der Waals surface area contributed by atoms with Crippen molar-refractivity contribution in [3.05, 3.63) is 54.1 Å². The summed E-state index contributed by atoms with van der Waals surface area (Å²) in [6.45, 7) is 2.67. The second-order valence-corrected chi connectivity index (χ2v) is 4.89. The van der Waals surface area contributed by atoms with Gasteiger partial charge in [0.15, 0.2) is 6.61 Å². The zero-order valence-electron chi connectivity index (χ0n) is 12.3. The van der Waals surface area contributed by atoms with Gasteiger partial charge in [0.1, 0.15) is 5.75 Å². The van der Waals surface area contributed by atoms with Crippen molar-refractivity contribution < 1.29 is 9.53 Å². The Morgan fingerprint density at radius 3 is 2.86 bits per heavy atom. The van der Waals surface area contributed by atoms with Crippen LogP contribution in [0.25, 0.3) is 0 Å². The lowest BCUT2D eigenvalue weighted by Gasteiger charge is -2.28. The molecule has 22 heavy (non-hydrogen) atoms. The van der Waals surface area contributed by atoms with Crippen molar-refractivity contribution in [3.63, 3.8) is 0 Å². The molecule has 1 aliphatic heterocycles. The number of hydrogen-bond acceptors (Lipinski definition) is 4. The standard InChI is InChI=1S/C17H17N3O2/c1-2-20-15-10-13(8-9-16(15)22-12-17(20)21)11-18-19-14-6-4-3-5-7-14/h3-11,19H,2,12H2,1H3. The molecule has 2 aromatic carbocycles. The van der Waals surface area contributed by atoms with Crippen LogP contribution in [0.15, 0.2) is 53.6 Å². The SMILES string of the molecule is CCN1C(=O)COc2ccc(C=NNc3ccccc3)cc21. The highest BCUT2D eigenvalue weighted by molar-refractivity contribution is 5.99. The van der Waals surface area contributed by atoms with Gasteiger partial charge in [0.2, 0.25) is 0 Å². The molecule has 0 spiro atoms. The van der Waals surface area contributed by atoms with Gasteiger partial charge in [0, 0.05) is 6.54 Å². The third-order valence-electron chi connectivity index (χ3n) is 3.42. The van der Waals surface area contributed by atoms with Gasteiger partial charge in [0.05, 0.1) is 17.6 Å². The van der Waals surface area contributed by atoms with E-state index in [4.69, 9.17) is 4.74 Å². The molecule has 0 aliphatic carbocycles. The van der Waals surface area contributed by atoms with Crippen LogP contribution in [0.1, 0.15) is 12.5 Å². The van der Waals surface area contributed by atoms with E-state index in [9.17, 15) is 4.79 Å². The number of hydrogen-bond donors (Lipinski definition) is 1. The summed E-state index contributed by atoms with van der Waals surface area (Å²) in [5.74, 6) is 0.709. The fourth-order valence-corrected chi connectivity index (χ4v) is 2.34. The summed E-state index contributed by atoms with van der Waals surface area (Å²) in [6.07, 6.45) is 1.72. The van der Waals surface area contributed by atoms with Crippen molar-refractivity contribution in [2.24, 2.45) is 5.10 Å². The molecule has 0 bridgehead atoms. The summed E-state index contributed by atoms with van der Waals surface area (Å²) in [7, 11) is 0. The van der Waals surface area contributed by atoms with Gasteiger partial charge in [-0.15, -0.1) is 0 Å². The maximum Gasteiger partial charge on any atom is 0.265 e. The number of carbonyl (C=O) groups excluding carboxylic acids is 1. The highest BCUT2D eigenvalue weighted by Crippen LogP contribution is 2.32. The lowest BCUT2D eigenvalue weighted by atomic mass is 10.1. The molecule has 0 saturated carbocycles. The van der Waals surface area contributed by atoms with Crippen LogP contribution in [0.4, 0.5) is 11.4 Å². The minimum absolute atomic E-state index is 0.0218. The lowest BCUT2D eigenvalue weighted by Crippen LogP contribution is -2.38. The van der Waals surface area contributed by atoms with Gasteiger partial charge >= 0.3 is 0 Å². The number of likely N-dealkylation sites (N-methyl/N-ethyl adjacent to an activating group) is 1. The molecule has 2 aromatic rings. The quantitative estimate of drug-likeness (QED) is 0.697. The van der Waals surface area contributed by atoms with Crippen molar-refractivity contribution in [3.8, 4) is 5.75 Å². The molecule has 5 heteroatoms. The molecule has 0 atom stereocenters. The average molecular weight is 295 g/mol. The summed E-state index contributed by atoms with van der Waals surface area (Å²) in [4.78, 5) is 13.6. The van der Waals surface area contributed by atoms with E-state index in [2.05, 4.69) is 10.5 Å². The minimum Gasteiger partial charge on any atom is -0.482 e. The molecule has 112 valence electrons. The first kappa shape index (κ1) is 14.1. The van der Waals surface area contributed by atoms with Crippen LogP contribution in [0.5, 0.6) is 5.75 Å². The smallest absolute Gasteiger partial charge is 0.265 e. The van der Waals surface area contributed by atoms with Crippen LogP contribution in [-0.4, -0.2) is 25.3 Å². The van der Waals surface area contributed by atoms with Crippen molar-refractivity contribution in [2.45, 2.75) is 6.92 Å². The van der Waals surface area contributed by atoms with E-state index in [1.54, 1.807) is 11.1 Å². The largest absolute Gasteiger partial charge is 0.482 e. The lowest BCUT2D eigenvalue weighted by molar-refractivity contribution is -0.121. The fourth-order valence-electron chi connectivity index (χ4n) is 2.34. The second kappa shape index (κ2) is 6.30. The van der Waals surface area contributed by atoms with E-state index in [0.29, 0.717) is 6.54 Å². The van der Waals surface area contributed by atoms with Crippen LogP contribution in [-0.2, 0) is 4.79 Å². The van der Waals surface area contributed by atoms with E-state index in [1.165, 1.54) is 0 Å². The Hall–Kier alpha value is -2.82. The van der Waals surface area contributed by atoms with Crippen LogP contribution >= 0.6 is 0 Å². The fraction of sp³-hybridized carbons (Fsp3) is 0.176. The topological polar surface area (TPSA) is 53.9 Å². The first-order valence-electron chi connectivity index (χ1n) is 7.19. The average Bonchev–Trinajstić information content (AvgIpc) is 2.56. The minimum atomic E-state index is -0.0218. The number of ether oxygens (including phenoxy) is 1. The Bertz CT molecular complexity index is 698. The van der Waals surface area contributed by atoms with Gasteiger partial charge in [0.25, 0.3) is 5.91 Å². The number of nitrogens with one attached hydrogen (secondary N) is 1. The molecular formula is C17H17N3O2. The van der Waals surface area contributed by atoms with Crippen molar-refractivity contribution in [1.82, 2.24) is 0 Å². The zero-order chi connectivity index (χ0) is 15.4. The number of anilines is 2. The molecule has 0 saturated heterocycles. The van der Waals surface area contributed by atoms with Crippen molar-refractivity contribution in [2.75, 3.05) is 23.5 Å². The number of amides is 1. The van der Waals surface area contributed by atoms with Crippen LogP contribution in [0, 0.1) is 0 Å². The summed E-state index contributed by atoms with van der Waals surface area (Å²) in [5.41, 5.74) is 5.58. The van der Waals surface area contributed by atoms with Crippen LogP contribution in [0.3, 0.4) is 0 Å². The second-order valence-electron chi connectivity index (χ2n) is 4.89. The first-order valence-corrected chi connectivity index (χ1v) is 7.19. The maximum atomic E-state index is 11.9. The van der Waals surface area contributed by atoms with Crippen LogP contribution in [0.2, 0.25) is 0 Å². The Kier molecular flexibility index (Phi) is 4.05. The molecule has 1 amide bonds. The third-order valence-corrected chi connectivity index (χ3v) is 3.42. The Balaban J connectivity index is 1.78. The molecule has 0 radical (unpaired) electrons. The normalized spacial score (nSPS) is 13.9. The number of benzene rings is 2. The van der Waals surface area contributed by atoms with Gasteiger partial charge in [-0.25, -0.2) is 0 Å². The molecule has 5 nitrogen and oxygen atoms in total. The molecule has 0 aromatic heterocycles. The number of para-hydroxylation sites is 1. The van der Waals surface area contributed by atoms with Gasteiger partial charge < -0.3 is 9.64 Å². The molecular weight excluding hydrogens is 278 g/mol. The van der Waals surface area contributed by atoms with E-state index >= 15 is 0 Å². The number of rotatable bonds is 4. The molecule has 1 heterocycles. The van der Waals surface area contributed by atoms with Gasteiger partial charge in [-0.2, -0.15) is 5.10 Å².